The third-order valence-electron chi connectivity index (χ3n) is 1.17. The summed E-state index contributed by atoms with van der Waals surface area (Å²) in [4.78, 5) is 4.13. The molecular weight excluding hydrogens is 370 g/mol. The molecule has 0 aliphatic rings. The van der Waals surface area contributed by atoms with Gasteiger partial charge in [-0.2, -0.15) is 0 Å². The van der Waals surface area contributed by atoms with E-state index in [0.29, 0.717) is 6.73 Å². The Hall–Kier alpha value is 0.630. The van der Waals surface area contributed by atoms with Gasteiger partial charge in [-0.05, 0) is 52.1 Å². The standard InChI is InChI=1S/C6H8I2N2O/c1-2-11-4-10-3-9-5(7)6(10)8/h3H,2,4H2,1H3. The first-order valence-electron chi connectivity index (χ1n) is 3.19. The van der Waals surface area contributed by atoms with Crippen molar-refractivity contribution in [2.75, 3.05) is 6.61 Å². The third kappa shape index (κ3) is 2.55. The van der Waals surface area contributed by atoms with Gasteiger partial charge in [0, 0.05) is 6.61 Å². The van der Waals surface area contributed by atoms with Crippen LogP contribution in [0.5, 0.6) is 0 Å². The minimum Gasteiger partial charge on any atom is -0.361 e. The Bertz CT molecular complexity index is 236. The summed E-state index contributed by atoms with van der Waals surface area (Å²) >= 11 is 4.45. The number of hydrogen-bond donors (Lipinski definition) is 0. The highest BCUT2D eigenvalue weighted by atomic mass is 127. The van der Waals surface area contributed by atoms with E-state index in [9.17, 15) is 0 Å². The molecule has 0 N–H and O–H groups in total. The van der Waals surface area contributed by atoms with Gasteiger partial charge >= 0.3 is 0 Å². The van der Waals surface area contributed by atoms with Crippen molar-refractivity contribution in [3.05, 3.63) is 13.7 Å². The van der Waals surface area contributed by atoms with Gasteiger partial charge in [-0.15, -0.1) is 0 Å². The first-order chi connectivity index (χ1) is 5.25. The van der Waals surface area contributed by atoms with Crippen molar-refractivity contribution in [3.63, 3.8) is 0 Å². The molecule has 0 amide bonds. The molecule has 0 aliphatic heterocycles. The first-order valence-corrected chi connectivity index (χ1v) is 5.35. The van der Waals surface area contributed by atoms with E-state index in [0.717, 1.165) is 14.0 Å². The molecule has 0 bridgehead atoms. The van der Waals surface area contributed by atoms with Gasteiger partial charge in [0.05, 0.1) is 6.33 Å². The smallest absolute Gasteiger partial charge is 0.133 e. The molecule has 11 heavy (non-hydrogen) atoms. The van der Waals surface area contributed by atoms with Crippen LogP contribution in [0.25, 0.3) is 0 Å². The van der Waals surface area contributed by atoms with Gasteiger partial charge in [0.1, 0.15) is 14.1 Å². The lowest BCUT2D eigenvalue weighted by Gasteiger charge is -2.02. The lowest BCUT2D eigenvalue weighted by atomic mass is 10.8. The summed E-state index contributed by atoms with van der Waals surface area (Å²) in [6.45, 7) is 3.32. The normalized spacial score (nSPS) is 10.5. The summed E-state index contributed by atoms with van der Waals surface area (Å²) in [6, 6.07) is 0. The monoisotopic (exact) mass is 378 g/mol. The highest BCUT2D eigenvalue weighted by Crippen LogP contribution is 2.12. The summed E-state index contributed by atoms with van der Waals surface area (Å²) < 4.78 is 9.37. The van der Waals surface area contributed by atoms with Crippen LogP contribution in [-0.2, 0) is 11.5 Å². The number of nitrogens with zero attached hydrogens (tertiary/aromatic N) is 2. The van der Waals surface area contributed by atoms with Gasteiger partial charge in [0.2, 0.25) is 0 Å². The van der Waals surface area contributed by atoms with Crippen molar-refractivity contribution in [1.82, 2.24) is 9.55 Å². The van der Waals surface area contributed by atoms with E-state index in [-0.39, 0.29) is 0 Å². The maximum atomic E-state index is 5.23. The number of aromatic nitrogens is 2. The zero-order valence-electron chi connectivity index (χ0n) is 6.05. The highest BCUT2D eigenvalue weighted by molar-refractivity contribution is 14.1. The maximum Gasteiger partial charge on any atom is 0.133 e. The summed E-state index contributed by atoms with van der Waals surface area (Å²) in [7, 11) is 0. The highest BCUT2D eigenvalue weighted by Gasteiger charge is 2.02. The Kier molecular flexibility index (Phi) is 4.07. The molecule has 0 unspecified atom stereocenters. The fourth-order valence-electron chi connectivity index (χ4n) is 0.622. The van der Waals surface area contributed by atoms with E-state index < -0.39 is 0 Å². The fourth-order valence-corrected chi connectivity index (χ4v) is 1.46. The summed E-state index contributed by atoms with van der Waals surface area (Å²) in [6.07, 6.45) is 1.79. The van der Waals surface area contributed by atoms with Gasteiger partial charge in [0.15, 0.2) is 0 Å². The Morgan fingerprint density at radius 3 is 2.82 bits per heavy atom. The van der Waals surface area contributed by atoms with Crippen molar-refractivity contribution in [1.29, 1.82) is 0 Å². The van der Waals surface area contributed by atoms with Crippen LogP contribution in [-0.4, -0.2) is 16.2 Å². The van der Waals surface area contributed by atoms with Crippen molar-refractivity contribution in [3.8, 4) is 0 Å². The van der Waals surface area contributed by atoms with Gasteiger partial charge in [-0.25, -0.2) is 4.98 Å². The molecule has 5 heteroatoms. The van der Waals surface area contributed by atoms with Crippen LogP contribution in [0.2, 0.25) is 0 Å². The van der Waals surface area contributed by atoms with E-state index in [4.69, 9.17) is 4.74 Å². The zero-order chi connectivity index (χ0) is 8.27. The van der Waals surface area contributed by atoms with Gasteiger partial charge in [-0.3, -0.25) is 0 Å². The molecule has 1 aromatic rings. The Morgan fingerprint density at radius 2 is 2.36 bits per heavy atom. The Balaban J connectivity index is 2.63. The third-order valence-corrected chi connectivity index (χ3v) is 4.12. The number of imidazole rings is 1. The minimum absolute atomic E-state index is 0.602. The SMILES string of the molecule is CCOCn1cnc(I)c1I. The van der Waals surface area contributed by atoms with Gasteiger partial charge in [-0.1, -0.05) is 0 Å². The van der Waals surface area contributed by atoms with E-state index in [2.05, 4.69) is 50.2 Å². The largest absolute Gasteiger partial charge is 0.361 e. The van der Waals surface area contributed by atoms with Crippen molar-refractivity contribution in [2.24, 2.45) is 0 Å². The second-order valence-corrected chi connectivity index (χ2v) is 3.96. The molecule has 0 fully saturated rings. The van der Waals surface area contributed by atoms with Crippen LogP contribution >= 0.6 is 45.2 Å². The Labute approximate surface area is 92.8 Å². The van der Waals surface area contributed by atoms with Crippen LogP contribution in [0.1, 0.15) is 6.92 Å². The lowest BCUT2D eigenvalue weighted by molar-refractivity contribution is 0.0861. The summed E-state index contributed by atoms with van der Waals surface area (Å²) in [5.41, 5.74) is 0. The first kappa shape index (κ1) is 9.72. The van der Waals surface area contributed by atoms with Crippen molar-refractivity contribution >= 4 is 45.2 Å². The molecule has 1 aromatic heterocycles. The minimum atomic E-state index is 0.602. The second-order valence-electron chi connectivity index (χ2n) is 1.92. The number of ether oxygens (including phenoxy) is 1. The molecule has 0 saturated heterocycles. The molecule has 0 atom stereocenters. The number of hydrogen-bond acceptors (Lipinski definition) is 2. The van der Waals surface area contributed by atoms with Crippen LogP contribution in [0, 0.1) is 7.40 Å². The van der Waals surface area contributed by atoms with Crippen molar-refractivity contribution < 1.29 is 4.74 Å². The van der Waals surface area contributed by atoms with E-state index >= 15 is 0 Å². The molecule has 3 nitrogen and oxygen atoms in total. The summed E-state index contributed by atoms with van der Waals surface area (Å²) in [5.74, 6) is 0. The average molecular weight is 378 g/mol. The molecule has 0 radical (unpaired) electrons. The molecule has 62 valence electrons. The van der Waals surface area contributed by atoms with Gasteiger partial charge in [0.25, 0.3) is 0 Å². The quantitative estimate of drug-likeness (QED) is 0.754. The molecule has 1 heterocycles. The predicted octanol–water partition coefficient (Wildman–Crippen LogP) is 2.09. The van der Waals surface area contributed by atoms with Crippen LogP contribution in [0.3, 0.4) is 0 Å². The fraction of sp³-hybridized carbons (Fsp3) is 0.500. The average Bonchev–Trinajstić information content (AvgIpc) is 2.31. The molecule has 0 aliphatic carbocycles. The van der Waals surface area contributed by atoms with Crippen LogP contribution in [0.15, 0.2) is 6.33 Å². The predicted molar refractivity (Wildman–Crippen MR) is 59.3 cm³/mol. The second kappa shape index (κ2) is 4.61. The van der Waals surface area contributed by atoms with Crippen LogP contribution in [0.4, 0.5) is 0 Å². The molecule has 0 aromatic carbocycles. The summed E-state index contributed by atoms with van der Waals surface area (Å²) in [5, 5.41) is 0. The Morgan fingerprint density at radius 1 is 1.64 bits per heavy atom. The molecule has 0 saturated carbocycles. The number of rotatable bonds is 3. The van der Waals surface area contributed by atoms with Crippen LogP contribution < -0.4 is 0 Å². The molecular formula is C6H8I2N2O. The van der Waals surface area contributed by atoms with Crippen molar-refractivity contribution in [2.45, 2.75) is 13.7 Å². The molecule has 1 rings (SSSR count). The molecule has 0 spiro atoms. The van der Waals surface area contributed by atoms with E-state index in [1.807, 2.05) is 11.5 Å². The maximum absolute atomic E-state index is 5.23. The topological polar surface area (TPSA) is 27.1 Å². The lowest BCUT2D eigenvalue weighted by Crippen LogP contribution is -2.02. The van der Waals surface area contributed by atoms with E-state index in [1.165, 1.54) is 0 Å². The van der Waals surface area contributed by atoms with Gasteiger partial charge < -0.3 is 9.30 Å². The number of halogens is 2. The van der Waals surface area contributed by atoms with E-state index in [1.54, 1.807) is 6.33 Å². The zero-order valence-corrected chi connectivity index (χ0v) is 10.4.